The largest absolute Gasteiger partial charge is 0.478 e. The Balaban J connectivity index is 0.890. The lowest BCUT2D eigenvalue weighted by Crippen LogP contribution is -2.19. The van der Waals surface area contributed by atoms with Crippen molar-refractivity contribution in [3.05, 3.63) is 248 Å². The van der Waals surface area contributed by atoms with Crippen LogP contribution >= 0.6 is 0 Å². The molecule has 0 fully saturated rings. The molecule has 0 saturated heterocycles. The molecule has 22 nitrogen and oxygen atoms in total. The lowest BCUT2D eigenvalue weighted by molar-refractivity contribution is 0.0356. The van der Waals surface area contributed by atoms with E-state index in [4.69, 9.17) is 38.6 Å². The summed E-state index contributed by atoms with van der Waals surface area (Å²) in [5.74, 6) is -17.2. The maximum Gasteiger partial charge on any atom is 0.346 e. The van der Waals surface area contributed by atoms with E-state index in [9.17, 15) is 67.1 Å². The maximum absolute atomic E-state index is 13.2. The predicted molar refractivity (Wildman–Crippen MR) is 257 cm³/mol. The molecule has 0 amide bonds. The Morgan fingerprint density at radius 2 is 0.385 bits per heavy atom. The first kappa shape index (κ1) is 54.1. The zero-order valence-corrected chi connectivity index (χ0v) is 39.2. The maximum atomic E-state index is 13.2. The molecule has 2 N–H and O–H groups in total. The van der Waals surface area contributed by atoms with Crippen molar-refractivity contribution in [2.24, 2.45) is 0 Å². The second kappa shape index (κ2) is 23.9. The Morgan fingerprint density at radius 1 is 0.205 bits per heavy atom. The Morgan fingerprint density at radius 3 is 0.590 bits per heavy atom. The van der Waals surface area contributed by atoms with E-state index < -0.39 is 94.7 Å². The predicted octanol–water partition coefficient (Wildman–Crippen LogP) is 7.07. The van der Waals surface area contributed by atoms with Crippen LogP contribution in [0, 0.1) is 0 Å². The molecule has 0 unspecified atom stereocenters. The van der Waals surface area contributed by atoms with Crippen molar-refractivity contribution in [2.75, 3.05) is 0 Å². The van der Waals surface area contributed by atoms with E-state index in [-0.39, 0.29) is 66.8 Å². The number of hydrogen-bond acceptors (Lipinski definition) is 20. The quantitative estimate of drug-likeness (QED) is 0.0624. The van der Waals surface area contributed by atoms with Gasteiger partial charge in [-0.15, -0.1) is 0 Å². The van der Waals surface area contributed by atoms with E-state index in [0.29, 0.717) is 0 Å². The summed E-state index contributed by atoms with van der Waals surface area (Å²) in [6.07, 6.45) is 0. The summed E-state index contributed by atoms with van der Waals surface area (Å²) in [4.78, 5) is 176. The SMILES string of the molecule is O=C(O)c1ccc(C(=O)OC(=O)c2cccc(C(=O)OC(=O)c3ccc(C(=O)OC(=O)c4ccccc4C(=O)OC(=O)c4ccc(C(=O)OC(=O)c5cccc(C(=O)OC(=O)c6ccc(C(=O)O)cc6)c5)cc4)cc3)c2)cc1. The fourth-order valence-corrected chi connectivity index (χ4v) is 6.57. The number of carbonyl (C=O) groups excluding carboxylic acids is 12. The Bertz CT molecular complexity index is 3430. The molecule has 0 aliphatic heterocycles. The molecule has 22 heteroatoms. The number of rotatable bonds is 14. The summed E-state index contributed by atoms with van der Waals surface area (Å²) < 4.78 is 29.2. The number of aromatic carboxylic acids is 2. The second-order valence-electron chi connectivity index (χ2n) is 15.7. The van der Waals surface area contributed by atoms with Crippen molar-refractivity contribution in [3.63, 3.8) is 0 Å². The molecule has 0 bridgehead atoms. The normalized spacial score (nSPS) is 10.4. The first-order valence-electron chi connectivity index (χ1n) is 22.0. The Hall–Kier alpha value is -11.7. The average molecular weight is 1050 g/mol. The first-order valence-corrected chi connectivity index (χ1v) is 22.0. The van der Waals surface area contributed by atoms with Gasteiger partial charge < -0.3 is 38.6 Å². The van der Waals surface area contributed by atoms with Gasteiger partial charge >= 0.3 is 83.6 Å². The van der Waals surface area contributed by atoms with E-state index in [1.807, 2.05) is 0 Å². The third-order valence-corrected chi connectivity index (χ3v) is 10.6. The monoisotopic (exact) mass is 1050 g/mol. The van der Waals surface area contributed by atoms with Gasteiger partial charge in [-0.05, 0) is 146 Å². The van der Waals surface area contributed by atoms with Gasteiger partial charge in [0.05, 0.1) is 77.9 Å². The van der Waals surface area contributed by atoms with Crippen LogP contribution in [0.15, 0.2) is 170 Å². The third kappa shape index (κ3) is 13.3. The molecule has 0 atom stereocenters. The van der Waals surface area contributed by atoms with E-state index in [1.54, 1.807) is 0 Å². The van der Waals surface area contributed by atoms with Crippen LogP contribution in [-0.2, 0) is 28.4 Å². The Labute approximate surface area is 435 Å². The molecular weight excluding hydrogens is 1020 g/mol. The highest BCUT2D eigenvalue weighted by atomic mass is 16.6. The summed E-state index contributed by atoms with van der Waals surface area (Å²) >= 11 is 0. The minimum atomic E-state index is -1.36. The van der Waals surface area contributed by atoms with Crippen molar-refractivity contribution >= 4 is 83.6 Å². The summed E-state index contributed by atoms with van der Waals surface area (Å²) in [5.41, 5.74) is -3.77. The highest BCUT2D eigenvalue weighted by Gasteiger charge is 2.26. The molecule has 7 aromatic rings. The lowest BCUT2D eigenvalue weighted by atomic mass is 10.1. The summed E-state index contributed by atoms with van der Waals surface area (Å²) in [6.45, 7) is 0. The van der Waals surface area contributed by atoms with Crippen molar-refractivity contribution in [3.8, 4) is 0 Å². The highest BCUT2D eigenvalue weighted by Crippen LogP contribution is 2.19. The molecule has 0 saturated carbocycles. The number of carboxylic acids is 2. The zero-order valence-electron chi connectivity index (χ0n) is 39.2. The van der Waals surface area contributed by atoms with Crippen molar-refractivity contribution in [2.45, 2.75) is 0 Å². The number of ether oxygens (including phenoxy) is 6. The highest BCUT2D eigenvalue weighted by molar-refractivity contribution is 6.12. The number of carbonyl (C=O) groups is 14. The molecule has 0 heterocycles. The van der Waals surface area contributed by atoms with Crippen molar-refractivity contribution in [1.29, 1.82) is 0 Å². The molecule has 0 radical (unpaired) electrons. The smallest absolute Gasteiger partial charge is 0.346 e. The number of esters is 12. The molecule has 386 valence electrons. The second-order valence-corrected chi connectivity index (χ2v) is 15.7. The van der Waals surface area contributed by atoms with Crippen LogP contribution in [0.1, 0.15) is 145 Å². The van der Waals surface area contributed by atoms with Crippen molar-refractivity contribution in [1.82, 2.24) is 0 Å². The van der Waals surface area contributed by atoms with Gasteiger partial charge in [-0.3, -0.25) is 0 Å². The van der Waals surface area contributed by atoms with Crippen LogP contribution in [0.25, 0.3) is 0 Å². The lowest BCUT2D eigenvalue weighted by Gasteiger charge is -2.09. The number of benzene rings is 7. The van der Waals surface area contributed by atoms with E-state index in [0.717, 1.165) is 121 Å². The fraction of sp³-hybridized carbons (Fsp3) is 0. The van der Waals surface area contributed by atoms with Gasteiger partial charge in [-0.1, -0.05) is 24.3 Å². The van der Waals surface area contributed by atoms with E-state index in [1.165, 1.54) is 48.5 Å². The number of carboxylic acid groups (broad SMARTS) is 2. The van der Waals surface area contributed by atoms with Crippen LogP contribution in [0.5, 0.6) is 0 Å². The minimum absolute atomic E-state index is 0.112. The van der Waals surface area contributed by atoms with Gasteiger partial charge in [0.2, 0.25) is 0 Å². The van der Waals surface area contributed by atoms with Gasteiger partial charge in [-0.2, -0.15) is 0 Å². The summed E-state index contributed by atoms with van der Waals surface area (Å²) in [6, 6.07) is 31.5. The molecule has 0 aromatic heterocycles. The summed E-state index contributed by atoms with van der Waals surface area (Å²) in [5, 5.41) is 18.0. The fourth-order valence-electron chi connectivity index (χ4n) is 6.57. The van der Waals surface area contributed by atoms with Crippen LogP contribution in [0.4, 0.5) is 0 Å². The van der Waals surface area contributed by atoms with Gasteiger partial charge in [-0.25, -0.2) is 67.1 Å². The molecule has 78 heavy (non-hydrogen) atoms. The van der Waals surface area contributed by atoms with Crippen LogP contribution in [-0.4, -0.2) is 93.8 Å². The van der Waals surface area contributed by atoms with E-state index in [2.05, 4.69) is 0 Å². The van der Waals surface area contributed by atoms with Crippen LogP contribution in [0.2, 0.25) is 0 Å². The van der Waals surface area contributed by atoms with Crippen molar-refractivity contribution < 1.29 is 106 Å². The van der Waals surface area contributed by atoms with Gasteiger partial charge in [0.15, 0.2) is 0 Å². The molecular formula is C56H30O22. The van der Waals surface area contributed by atoms with Gasteiger partial charge in [0.1, 0.15) is 0 Å². The molecule has 7 aromatic carbocycles. The Kier molecular flexibility index (Phi) is 16.6. The van der Waals surface area contributed by atoms with Gasteiger partial charge in [0.25, 0.3) is 0 Å². The number of hydrogen-bond donors (Lipinski definition) is 2. The molecule has 0 aliphatic carbocycles. The van der Waals surface area contributed by atoms with Crippen LogP contribution < -0.4 is 0 Å². The van der Waals surface area contributed by atoms with Crippen LogP contribution in [0.3, 0.4) is 0 Å². The standard InChI is InChI=1S/C56H30O22/c57-43(58)29-11-15-31(16-12-29)45(61)73-51(67)37-5-3-7-39(27-37)53(69)75-47(63)33-19-23-35(24-20-33)49(65)77-55(71)41-9-1-2-10-42(41)56(72)78-50(66)36-25-21-34(22-26-36)48(64)76-54(70)40-8-4-6-38(28-40)52(68)74-46(62)32-17-13-30(14-18-32)44(59)60/h1-28H,(H,57,58)(H,59,60). The first-order chi connectivity index (χ1) is 37.3. The third-order valence-electron chi connectivity index (χ3n) is 10.6. The zero-order chi connectivity index (χ0) is 56.2. The summed E-state index contributed by atoms with van der Waals surface area (Å²) in [7, 11) is 0. The average Bonchev–Trinajstić information content (AvgIpc) is 3.45. The minimum Gasteiger partial charge on any atom is -0.478 e. The topological polar surface area (TPSA) is 335 Å². The van der Waals surface area contributed by atoms with E-state index >= 15 is 0 Å². The van der Waals surface area contributed by atoms with Gasteiger partial charge in [0, 0.05) is 0 Å². The molecule has 0 spiro atoms. The molecule has 7 rings (SSSR count). The molecule has 0 aliphatic rings.